The minimum atomic E-state index is -0.0298. The van der Waals surface area contributed by atoms with Crippen molar-refractivity contribution >= 4 is 27.4 Å². The highest BCUT2D eigenvalue weighted by molar-refractivity contribution is 7.14. The number of hydrogen-bond acceptors (Lipinski definition) is 5. The van der Waals surface area contributed by atoms with Crippen LogP contribution in [-0.4, -0.2) is 23.1 Å². The number of benzene rings is 1. The van der Waals surface area contributed by atoms with Gasteiger partial charge < -0.3 is 15.0 Å². The van der Waals surface area contributed by atoms with Crippen LogP contribution in [0, 0.1) is 0 Å². The summed E-state index contributed by atoms with van der Waals surface area (Å²) in [6.07, 6.45) is 0. The maximum atomic E-state index is 12.3. The van der Waals surface area contributed by atoms with Gasteiger partial charge in [0, 0.05) is 28.9 Å². The quantitative estimate of drug-likeness (QED) is 0.730. The van der Waals surface area contributed by atoms with Gasteiger partial charge in [-0.2, -0.15) is 0 Å². The molecule has 2 heterocycles. The second-order valence-corrected chi connectivity index (χ2v) is 6.15. The molecule has 0 saturated heterocycles. The normalized spacial score (nSPS) is 10.4. The molecule has 0 amide bonds. The van der Waals surface area contributed by atoms with E-state index in [0.717, 1.165) is 16.3 Å². The van der Waals surface area contributed by atoms with Gasteiger partial charge in [0.05, 0.1) is 24.0 Å². The van der Waals surface area contributed by atoms with Crippen LogP contribution in [0.15, 0.2) is 34.4 Å². The fourth-order valence-corrected chi connectivity index (χ4v) is 3.07. The molecule has 0 aliphatic heterocycles. The highest BCUT2D eigenvalue weighted by Crippen LogP contribution is 2.25. The number of nitrogens with zero attached hydrogens (tertiary/aromatic N) is 1. The van der Waals surface area contributed by atoms with Gasteiger partial charge in [-0.25, -0.2) is 4.98 Å². The number of nitrogens with one attached hydrogen (secondary N) is 2. The molecule has 0 saturated carbocycles. The summed E-state index contributed by atoms with van der Waals surface area (Å²) in [6.45, 7) is 8.12. The van der Waals surface area contributed by atoms with Crippen molar-refractivity contribution in [2.24, 2.45) is 0 Å². The van der Waals surface area contributed by atoms with Gasteiger partial charge in [-0.3, -0.25) is 4.79 Å². The van der Waals surface area contributed by atoms with Gasteiger partial charge in [0.15, 0.2) is 10.6 Å². The molecule has 0 spiro atoms. The molecule has 0 fully saturated rings. The van der Waals surface area contributed by atoms with Crippen molar-refractivity contribution in [1.82, 2.24) is 9.97 Å². The predicted molar refractivity (Wildman–Crippen MR) is 102 cm³/mol. The Kier molecular flexibility index (Phi) is 5.98. The Balaban J connectivity index is 0.00000100. The third kappa shape index (κ3) is 3.94. The smallest absolute Gasteiger partial charge is 0.190 e. The highest BCUT2D eigenvalue weighted by Gasteiger charge is 2.09. The van der Waals surface area contributed by atoms with Crippen LogP contribution in [0.1, 0.15) is 27.7 Å². The molecule has 0 bridgehead atoms. The predicted octanol–water partition coefficient (Wildman–Crippen LogP) is 4.51. The Bertz CT molecular complexity index is 868. The van der Waals surface area contributed by atoms with Crippen LogP contribution in [0.3, 0.4) is 0 Å². The molecule has 2 aromatic heterocycles. The molecule has 0 radical (unpaired) electrons. The highest BCUT2D eigenvalue weighted by atomic mass is 32.1. The van der Waals surface area contributed by atoms with E-state index in [4.69, 9.17) is 4.74 Å². The van der Waals surface area contributed by atoms with E-state index in [1.54, 1.807) is 25.3 Å². The molecule has 1 aromatic carbocycles. The molecule has 3 rings (SSSR count). The minimum absolute atomic E-state index is 0.0298. The zero-order chi connectivity index (χ0) is 17.7. The summed E-state index contributed by atoms with van der Waals surface area (Å²) in [6, 6.07) is 7.27. The zero-order valence-corrected chi connectivity index (χ0v) is 15.5. The SMILES string of the molecule is CC.COc1ccc2c(=O)cc(-c3csc(NC(C)C)n3)[nH]c2c1. The average Bonchev–Trinajstić information content (AvgIpc) is 3.03. The van der Waals surface area contributed by atoms with Crippen molar-refractivity contribution in [2.45, 2.75) is 33.7 Å². The monoisotopic (exact) mass is 345 g/mol. The minimum Gasteiger partial charge on any atom is -0.497 e. The summed E-state index contributed by atoms with van der Waals surface area (Å²) < 4.78 is 5.21. The Morgan fingerprint density at radius 3 is 2.67 bits per heavy atom. The first-order chi connectivity index (χ1) is 11.6. The molecular weight excluding hydrogens is 322 g/mol. The third-order valence-electron chi connectivity index (χ3n) is 3.23. The van der Waals surface area contributed by atoms with Crippen molar-refractivity contribution in [1.29, 1.82) is 0 Å². The van der Waals surface area contributed by atoms with Crippen LogP contribution < -0.4 is 15.5 Å². The standard InChI is InChI=1S/C16H17N3O2S.C2H6/c1-9(2)17-16-19-14(8-22-16)13-7-15(20)11-5-4-10(21-3)6-12(11)18-13;1-2/h4-9H,1-3H3,(H,17,19)(H,18,20);1-2H3. The Morgan fingerprint density at radius 2 is 2.00 bits per heavy atom. The van der Waals surface area contributed by atoms with Gasteiger partial charge in [-0.1, -0.05) is 13.8 Å². The van der Waals surface area contributed by atoms with Gasteiger partial charge in [0.1, 0.15) is 5.75 Å². The van der Waals surface area contributed by atoms with Crippen molar-refractivity contribution in [3.05, 3.63) is 39.9 Å². The van der Waals surface area contributed by atoms with Crippen molar-refractivity contribution in [3.8, 4) is 17.1 Å². The Morgan fingerprint density at radius 1 is 1.25 bits per heavy atom. The summed E-state index contributed by atoms with van der Waals surface area (Å²) in [5.41, 5.74) is 2.18. The Labute approximate surface area is 145 Å². The van der Waals surface area contributed by atoms with Gasteiger partial charge in [0.2, 0.25) is 0 Å². The van der Waals surface area contributed by atoms with Crippen LogP contribution >= 0.6 is 11.3 Å². The van der Waals surface area contributed by atoms with Gasteiger partial charge in [0.25, 0.3) is 0 Å². The molecule has 0 aliphatic rings. The number of fused-ring (bicyclic) bond motifs is 1. The van der Waals surface area contributed by atoms with Crippen LogP contribution in [0.5, 0.6) is 5.75 Å². The second kappa shape index (κ2) is 7.97. The molecular formula is C18H23N3O2S. The van der Waals surface area contributed by atoms with E-state index in [-0.39, 0.29) is 5.43 Å². The van der Waals surface area contributed by atoms with Crippen LogP contribution in [0.4, 0.5) is 5.13 Å². The average molecular weight is 345 g/mol. The van der Waals surface area contributed by atoms with Gasteiger partial charge in [-0.05, 0) is 26.0 Å². The summed E-state index contributed by atoms with van der Waals surface area (Å²) >= 11 is 1.52. The molecule has 0 aliphatic carbocycles. The summed E-state index contributed by atoms with van der Waals surface area (Å²) in [7, 11) is 1.60. The number of hydrogen-bond donors (Lipinski definition) is 2. The van der Waals surface area contributed by atoms with Gasteiger partial charge >= 0.3 is 0 Å². The zero-order valence-electron chi connectivity index (χ0n) is 14.6. The Hall–Kier alpha value is -2.34. The van der Waals surface area contributed by atoms with Crippen LogP contribution in [0.2, 0.25) is 0 Å². The molecule has 3 aromatic rings. The number of H-pyrrole nitrogens is 1. The first-order valence-electron chi connectivity index (χ1n) is 8.00. The lowest BCUT2D eigenvalue weighted by molar-refractivity contribution is 0.415. The van der Waals surface area contributed by atoms with E-state index in [1.807, 2.05) is 25.3 Å². The lowest BCUT2D eigenvalue weighted by Crippen LogP contribution is -2.09. The lowest BCUT2D eigenvalue weighted by atomic mass is 10.1. The number of thiazole rings is 1. The molecule has 128 valence electrons. The molecule has 6 heteroatoms. The van der Waals surface area contributed by atoms with Crippen molar-refractivity contribution in [2.75, 3.05) is 12.4 Å². The van der Waals surface area contributed by atoms with E-state index < -0.39 is 0 Å². The van der Waals surface area contributed by atoms with E-state index in [1.165, 1.54) is 11.3 Å². The third-order valence-corrected chi connectivity index (χ3v) is 4.00. The summed E-state index contributed by atoms with van der Waals surface area (Å²) in [4.78, 5) is 20.0. The topological polar surface area (TPSA) is 67.0 Å². The first-order valence-corrected chi connectivity index (χ1v) is 8.88. The number of aromatic nitrogens is 2. The maximum Gasteiger partial charge on any atom is 0.190 e. The molecule has 24 heavy (non-hydrogen) atoms. The fourth-order valence-electron chi connectivity index (χ4n) is 2.21. The van der Waals surface area contributed by atoms with E-state index >= 15 is 0 Å². The number of rotatable bonds is 4. The fraction of sp³-hybridized carbons (Fsp3) is 0.333. The van der Waals surface area contributed by atoms with E-state index in [9.17, 15) is 4.79 Å². The van der Waals surface area contributed by atoms with Crippen molar-refractivity contribution in [3.63, 3.8) is 0 Å². The van der Waals surface area contributed by atoms with Crippen LogP contribution in [0.25, 0.3) is 22.3 Å². The van der Waals surface area contributed by atoms with E-state index in [2.05, 4.69) is 29.1 Å². The second-order valence-electron chi connectivity index (χ2n) is 5.30. The number of anilines is 1. The van der Waals surface area contributed by atoms with Crippen molar-refractivity contribution < 1.29 is 4.74 Å². The van der Waals surface area contributed by atoms with E-state index in [0.29, 0.717) is 22.9 Å². The molecule has 5 nitrogen and oxygen atoms in total. The maximum absolute atomic E-state index is 12.3. The molecule has 2 N–H and O–H groups in total. The van der Waals surface area contributed by atoms with Gasteiger partial charge in [-0.15, -0.1) is 11.3 Å². The number of pyridine rings is 1. The number of ether oxygens (including phenoxy) is 1. The number of methoxy groups -OCH3 is 1. The lowest BCUT2D eigenvalue weighted by Gasteiger charge is -2.05. The summed E-state index contributed by atoms with van der Waals surface area (Å²) in [5, 5.41) is 6.68. The molecule has 0 unspecified atom stereocenters. The molecule has 0 atom stereocenters. The first kappa shape index (κ1) is 18.0. The van der Waals surface area contributed by atoms with Crippen LogP contribution in [-0.2, 0) is 0 Å². The number of aromatic amines is 1. The largest absolute Gasteiger partial charge is 0.497 e. The summed E-state index contributed by atoms with van der Waals surface area (Å²) in [5.74, 6) is 0.709.